The lowest BCUT2D eigenvalue weighted by molar-refractivity contribution is -0.137. The van der Waals surface area contributed by atoms with E-state index in [2.05, 4.69) is 4.99 Å². The number of hydrogen-bond donors (Lipinski definition) is 1. The first-order valence-electron chi connectivity index (χ1n) is 7.03. The highest BCUT2D eigenvalue weighted by atomic mass is 19.4. The van der Waals surface area contributed by atoms with Gasteiger partial charge in [0.15, 0.2) is 0 Å². The van der Waals surface area contributed by atoms with Crippen molar-refractivity contribution in [2.45, 2.75) is 6.18 Å². The predicted molar refractivity (Wildman–Crippen MR) is 84.5 cm³/mol. The van der Waals surface area contributed by atoms with Gasteiger partial charge in [0, 0.05) is 5.56 Å². The van der Waals surface area contributed by atoms with Gasteiger partial charge >= 0.3 is 6.18 Å². The molecule has 0 spiro atoms. The zero-order valence-electron chi connectivity index (χ0n) is 12.3. The van der Waals surface area contributed by atoms with Crippen LogP contribution in [0.5, 0.6) is 5.75 Å². The molecule has 0 bridgehead atoms. The number of rotatable bonds is 3. The number of aliphatic imine (C=N–C) groups is 1. The third-order valence-corrected chi connectivity index (χ3v) is 3.34. The monoisotopic (exact) mass is 331 g/mol. The number of benzene rings is 2. The van der Waals surface area contributed by atoms with Gasteiger partial charge in [0.1, 0.15) is 23.0 Å². The molecule has 0 aliphatic rings. The first kappa shape index (κ1) is 15.9. The molecule has 0 aliphatic carbocycles. The molecule has 0 saturated carbocycles. The third kappa shape index (κ3) is 3.32. The van der Waals surface area contributed by atoms with Gasteiger partial charge in [-0.2, -0.15) is 13.2 Å². The number of phenolic OH excluding ortho intramolecular Hbond substituents is 1. The summed E-state index contributed by atoms with van der Waals surface area (Å²) in [5.74, 6) is 0.384. The van der Waals surface area contributed by atoms with E-state index in [0.29, 0.717) is 5.69 Å². The van der Waals surface area contributed by atoms with Gasteiger partial charge in [0.2, 0.25) is 0 Å². The topological polar surface area (TPSA) is 45.7 Å². The van der Waals surface area contributed by atoms with Crippen molar-refractivity contribution in [2.24, 2.45) is 4.99 Å². The smallest absolute Gasteiger partial charge is 0.417 e. The van der Waals surface area contributed by atoms with Crippen molar-refractivity contribution in [2.75, 3.05) is 0 Å². The van der Waals surface area contributed by atoms with E-state index >= 15 is 0 Å². The summed E-state index contributed by atoms with van der Waals surface area (Å²) in [4.78, 5) is 4.06. The molecule has 0 amide bonds. The van der Waals surface area contributed by atoms with E-state index < -0.39 is 11.7 Å². The maximum atomic E-state index is 13.1. The van der Waals surface area contributed by atoms with Crippen molar-refractivity contribution >= 4 is 11.9 Å². The number of nitrogens with zero attached hydrogens (tertiary/aromatic N) is 1. The normalized spacial score (nSPS) is 12.0. The van der Waals surface area contributed by atoms with E-state index in [4.69, 9.17) is 4.42 Å². The van der Waals surface area contributed by atoms with Gasteiger partial charge in [-0.25, -0.2) is 4.99 Å². The Morgan fingerprint density at radius 1 is 0.917 bits per heavy atom. The van der Waals surface area contributed by atoms with E-state index in [9.17, 15) is 18.3 Å². The van der Waals surface area contributed by atoms with E-state index in [1.165, 1.54) is 42.6 Å². The fourth-order valence-electron chi connectivity index (χ4n) is 2.22. The highest BCUT2D eigenvalue weighted by molar-refractivity contribution is 5.81. The Bertz CT molecular complexity index is 882. The van der Waals surface area contributed by atoms with Gasteiger partial charge in [-0.15, -0.1) is 0 Å². The van der Waals surface area contributed by atoms with Crippen molar-refractivity contribution in [3.63, 3.8) is 0 Å². The minimum atomic E-state index is -4.46. The fraction of sp³-hybridized carbons (Fsp3) is 0.0556. The minimum Gasteiger partial charge on any atom is -0.506 e. The van der Waals surface area contributed by atoms with Gasteiger partial charge in [-0.3, -0.25) is 0 Å². The molecule has 0 aliphatic heterocycles. The molecule has 0 fully saturated rings. The van der Waals surface area contributed by atoms with Gasteiger partial charge in [-0.05, 0) is 30.3 Å². The Balaban J connectivity index is 1.91. The molecular weight excluding hydrogens is 319 g/mol. The minimum absolute atomic E-state index is 0.00273. The predicted octanol–water partition coefficient (Wildman–Crippen LogP) is 5.42. The van der Waals surface area contributed by atoms with Gasteiger partial charge < -0.3 is 9.52 Å². The molecular formula is C18H12F3NO2. The Morgan fingerprint density at radius 2 is 1.62 bits per heavy atom. The maximum absolute atomic E-state index is 13.1. The van der Waals surface area contributed by atoms with Crippen LogP contribution in [0.2, 0.25) is 0 Å². The van der Waals surface area contributed by atoms with Crippen molar-refractivity contribution in [3.05, 3.63) is 72.0 Å². The van der Waals surface area contributed by atoms with Crippen molar-refractivity contribution in [3.8, 4) is 17.1 Å². The molecule has 0 atom stereocenters. The molecule has 1 aromatic heterocycles. The number of furan rings is 1. The second-order valence-electron chi connectivity index (χ2n) is 4.99. The summed E-state index contributed by atoms with van der Waals surface area (Å²) < 4.78 is 44.6. The molecule has 3 rings (SSSR count). The highest BCUT2D eigenvalue weighted by Crippen LogP contribution is 2.37. The standard InChI is InChI=1S/C18H12F3NO2/c19-18(20,21)14-6-2-1-5-13(14)17-10-9-12(24-17)11-22-15-7-3-4-8-16(15)23/h1-11,23H. The summed E-state index contributed by atoms with van der Waals surface area (Å²) >= 11 is 0. The van der Waals surface area contributed by atoms with Crippen LogP contribution in [0.15, 0.2) is 70.1 Å². The number of phenols is 1. The Kier molecular flexibility index (Phi) is 4.12. The van der Waals surface area contributed by atoms with Crippen LogP contribution in [-0.2, 0) is 6.18 Å². The Hall–Kier alpha value is -3.02. The largest absolute Gasteiger partial charge is 0.506 e. The molecule has 0 radical (unpaired) electrons. The van der Waals surface area contributed by atoms with E-state index in [1.807, 2.05) is 0 Å². The zero-order chi connectivity index (χ0) is 17.2. The lowest BCUT2D eigenvalue weighted by atomic mass is 10.1. The number of alkyl halides is 3. The molecule has 0 saturated heterocycles. The molecule has 122 valence electrons. The van der Waals surface area contributed by atoms with E-state index in [0.717, 1.165) is 6.07 Å². The quantitative estimate of drug-likeness (QED) is 0.651. The van der Waals surface area contributed by atoms with Crippen molar-refractivity contribution in [1.82, 2.24) is 0 Å². The fourth-order valence-corrected chi connectivity index (χ4v) is 2.22. The highest BCUT2D eigenvalue weighted by Gasteiger charge is 2.34. The molecule has 24 heavy (non-hydrogen) atoms. The summed E-state index contributed by atoms with van der Waals surface area (Å²) in [5, 5.41) is 9.63. The Labute approximate surface area is 135 Å². The van der Waals surface area contributed by atoms with Crippen LogP contribution in [0.25, 0.3) is 11.3 Å². The van der Waals surface area contributed by atoms with Crippen LogP contribution in [-0.4, -0.2) is 11.3 Å². The zero-order valence-corrected chi connectivity index (χ0v) is 12.3. The van der Waals surface area contributed by atoms with Gasteiger partial charge in [-0.1, -0.05) is 30.3 Å². The summed E-state index contributed by atoms with van der Waals surface area (Å²) in [5.41, 5.74) is -0.457. The number of halogens is 3. The maximum Gasteiger partial charge on any atom is 0.417 e. The molecule has 6 heteroatoms. The SMILES string of the molecule is Oc1ccccc1N=Cc1ccc(-c2ccccc2C(F)(F)F)o1. The average Bonchev–Trinajstić information content (AvgIpc) is 3.02. The summed E-state index contributed by atoms with van der Waals surface area (Å²) in [7, 11) is 0. The number of para-hydroxylation sites is 2. The molecule has 0 unspecified atom stereocenters. The van der Waals surface area contributed by atoms with E-state index in [-0.39, 0.29) is 22.8 Å². The number of hydrogen-bond acceptors (Lipinski definition) is 3. The second-order valence-corrected chi connectivity index (χ2v) is 4.99. The van der Waals surface area contributed by atoms with Crippen LogP contribution in [0.1, 0.15) is 11.3 Å². The first-order valence-corrected chi connectivity index (χ1v) is 7.03. The lowest BCUT2D eigenvalue weighted by Gasteiger charge is -2.10. The average molecular weight is 331 g/mol. The van der Waals surface area contributed by atoms with E-state index in [1.54, 1.807) is 18.2 Å². The van der Waals surface area contributed by atoms with Crippen LogP contribution < -0.4 is 0 Å². The second kappa shape index (κ2) is 6.23. The van der Waals surface area contributed by atoms with Gasteiger partial charge in [0.25, 0.3) is 0 Å². The van der Waals surface area contributed by atoms with Gasteiger partial charge in [0.05, 0.1) is 11.8 Å². The molecule has 3 nitrogen and oxygen atoms in total. The molecule has 2 aromatic carbocycles. The molecule has 3 aromatic rings. The lowest BCUT2D eigenvalue weighted by Crippen LogP contribution is -2.06. The van der Waals surface area contributed by atoms with Crippen LogP contribution in [0.4, 0.5) is 18.9 Å². The molecule has 1 heterocycles. The third-order valence-electron chi connectivity index (χ3n) is 3.34. The summed E-state index contributed by atoms with van der Waals surface area (Å²) in [6.07, 6.45) is -3.12. The summed E-state index contributed by atoms with van der Waals surface area (Å²) in [6.45, 7) is 0. The number of aromatic hydroxyl groups is 1. The first-order chi connectivity index (χ1) is 11.4. The van der Waals surface area contributed by atoms with Crippen LogP contribution in [0.3, 0.4) is 0 Å². The van der Waals surface area contributed by atoms with Crippen molar-refractivity contribution < 1.29 is 22.7 Å². The summed E-state index contributed by atoms with van der Waals surface area (Å²) in [6, 6.07) is 14.6. The molecule has 1 N–H and O–H groups in total. The Morgan fingerprint density at radius 3 is 2.38 bits per heavy atom. The van der Waals surface area contributed by atoms with Crippen LogP contribution >= 0.6 is 0 Å². The van der Waals surface area contributed by atoms with Crippen LogP contribution in [0, 0.1) is 0 Å². The van der Waals surface area contributed by atoms with Crippen molar-refractivity contribution in [1.29, 1.82) is 0 Å².